The highest BCUT2D eigenvalue weighted by molar-refractivity contribution is 9.10. The quantitative estimate of drug-likeness (QED) is 0.904. The fourth-order valence-electron chi connectivity index (χ4n) is 1.66. The third kappa shape index (κ3) is 3.14. The second-order valence-electron chi connectivity index (χ2n) is 3.82. The van der Waals surface area contributed by atoms with Crippen LogP contribution < -0.4 is 5.73 Å². The highest BCUT2D eigenvalue weighted by atomic mass is 79.9. The molecule has 0 unspecified atom stereocenters. The first-order valence-corrected chi connectivity index (χ1v) is 7.20. The Labute approximate surface area is 119 Å². The molecule has 0 spiro atoms. The number of aliphatic hydroxyl groups is 1. The maximum absolute atomic E-state index is 9.39. The number of hydrogen-bond acceptors (Lipinski definition) is 3. The molecule has 0 aromatic heterocycles. The summed E-state index contributed by atoms with van der Waals surface area (Å²) in [7, 11) is 0. The molecule has 2 rings (SSSR count). The van der Waals surface area contributed by atoms with Crippen molar-refractivity contribution in [3.8, 4) is 0 Å². The third-order valence-corrected chi connectivity index (χ3v) is 4.33. The van der Waals surface area contributed by atoms with Crippen molar-refractivity contribution in [2.75, 3.05) is 0 Å². The molecule has 0 bridgehead atoms. The van der Waals surface area contributed by atoms with Gasteiger partial charge in [0.1, 0.15) is 0 Å². The minimum absolute atomic E-state index is 0.0343. The summed E-state index contributed by atoms with van der Waals surface area (Å²) in [5.41, 5.74) is 7.77. The lowest BCUT2D eigenvalue weighted by Crippen LogP contribution is -1.98. The van der Waals surface area contributed by atoms with Crippen LogP contribution in [0.3, 0.4) is 0 Å². The first-order chi connectivity index (χ1) is 8.74. The number of benzene rings is 2. The molecule has 0 heterocycles. The topological polar surface area (TPSA) is 46.2 Å². The van der Waals surface area contributed by atoms with Crippen LogP contribution >= 0.6 is 27.7 Å². The zero-order valence-corrected chi connectivity index (χ0v) is 12.2. The molecule has 94 valence electrons. The number of nitrogens with two attached hydrogens (primary N) is 1. The van der Waals surface area contributed by atoms with Gasteiger partial charge in [0.05, 0.1) is 6.61 Å². The van der Waals surface area contributed by atoms with Gasteiger partial charge in [-0.05, 0) is 35.4 Å². The van der Waals surface area contributed by atoms with Crippen molar-refractivity contribution in [3.63, 3.8) is 0 Å². The maximum Gasteiger partial charge on any atom is 0.0693 e. The molecule has 18 heavy (non-hydrogen) atoms. The molecule has 0 atom stereocenters. The molecule has 2 aromatic rings. The Morgan fingerprint density at radius 1 is 1.06 bits per heavy atom. The van der Waals surface area contributed by atoms with E-state index in [9.17, 15) is 5.11 Å². The van der Waals surface area contributed by atoms with Gasteiger partial charge in [0.25, 0.3) is 0 Å². The van der Waals surface area contributed by atoms with Crippen molar-refractivity contribution in [2.45, 2.75) is 22.9 Å². The first kappa shape index (κ1) is 13.6. The van der Waals surface area contributed by atoms with E-state index in [1.54, 1.807) is 11.8 Å². The van der Waals surface area contributed by atoms with Crippen molar-refractivity contribution in [2.24, 2.45) is 5.73 Å². The van der Waals surface area contributed by atoms with E-state index >= 15 is 0 Å². The van der Waals surface area contributed by atoms with Crippen LogP contribution in [0.4, 0.5) is 0 Å². The van der Waals surface area contributed by atoms with Gasteiger partial charge in [-0.2, -0.15) is 0 Å². The molecule has 0 radical (unpaired) electrons. The Morgan fingerprint density at radius 3 is 2.50 bits per heavy atom. The Balaban J connectivity index is 2.33. The van der Waals surface area contributed by atoms with Gasteiger partial charge in [-0.15, -0.1) is 0 Å². The summed E-state index contributed by atoms with van der Waals surface area (Å²) in [4.78, 5) is 2.19. The summed E-state index contributed by atoms with van der Waals surface area (Å²) in [6.07, 6.45) is 0. The summed E-state index contributed by atoms with van der Waals surface area (Å²) >= 11 is 5.05. The molecule has 0 saturated carbocycles. The monoisotopic (exact) mass is 323 g/mol. The van der Waals surface area contributed by atoms with E-state index in [1.165, 1.54) is 0 Å². The predicted molar refractivity (Wildman–Crippen MR) is 78.5 cm³/mol. The normalized spacial score (nSPS) is 10.6. The molecule has 0 fully saturated rings. The van der Waals surface area contributed by atoms with Crippen molar-refractivity contribution >= 4 is 27.7 Å². The maximum atomic E-state index is 9.39. The van der Waals surface area contributed by atoms with Gasteiger partial charge in [0.2, 0.25) is 0 Å². The zero-order chi connectivity index (χ0) is 13.0. The van der Waals surface area contributed by atoms with E-state index < -0.39 is 0 Å². The van der Waals surface area contributed by atoms with Crippen molar-refractivity contribution in [1.82, 2.24) is 0 Å². The first-order valence-electron chi connectivity index (χ1n) is 5.59. The summed E-state index contributed by atoms with van der Waals surface area (Å²) in [6.45, 7) is 0.556. The Kier molecular flexibility index (Phi) is 4.83. The number of halogens is 1. The largest absolute Gasteiger partial charge is 0.392 e. The van der Waals surface area contributed by atoms with Crippen LogP contribution in [0.2, 0.25) is 0 Å². The molecule has 0 saturated heterocycles. The van der Waals surface area contributed by atoms with E-state index in [2.05, 4.69) is 22.0 Å². The smallest absolute Gasteiger partial charge is 0.0693 e. The van der Waals surface area contributed by atoms with Crippen molar-refractivity contribution in [3.05, 3.63) is 58.1 Å². The minimum Gasteiger partial charge on any atom is -0.392 e. The molecule has 0 aliphatic carbocycles. The van der Waals surface area contributed by atoms with Crippen LogP contribution in [0.15, 0.2) is 56.7 Å². The summed E-state index contributed by atoms with van der Waals surface area (Å²) in [5.74, 6) is 0. The SMILES string of the molecule is NCc1ccccc1Sc1ccc(Br)cc1CO. The Bertz CT molecular complexity index is 545. The van der Waals surface area contributed by atoms with Crippen LogP contribution in [-0.4, -0.2) is 5.11 Å². The van der Waals surface area contributed by atoms with Crippen molar-refractivity contribution < 1.29 is 5.11 Å². The van der Waals surface area contributed by atoms with Crippen LogP contribution in [-0.2, 0) is 13.2 Å². The lowest BCUT2D eigenvalue weighted by molar-refractivity contribution is 0.279. The van der Waals surface area contributed by atoms with E-state index in [0.717, 1.165) is 25.4 Å². The van der Waals surface area contributed by atoms with E-state index in [-0.39, 0.29) is 6.61 Å². The van der Waals surface area contributed by atoms with Gasteiger partial charge in [0, 0.05) is 20.8 Å². The average molecular weight is 324 g/mol. The van der Waals surface area contributed by atoms with E-state index in [4.69, 9.17) is 5.73 Å². The zero-order valence-electron chi connectivity index (χ0n) is 9.77. The van der Waals surface area contributed by atoms with Crippen molar-refractivity contribution in [1.29, 1.82) is 0 Å². The molecule has 3 N–H and O–H groups in total. The molecular weight excluding hydrogens is 310 g/mol. The second-order valence-corrected chi connectivity index (χ2v) is 5.82. The van der Waals surface area contributed by atoms with Crippen LogP contribution in [0.25, 0.3) is 0 Å². The lowest BCUT2D eigenvalue weighted by Gasteiger charge is -2.10. The lowest BCUT2D eigenvalue weighted by atomic mass is 10.2. The fraction of sp³-hybridized carbons (Fsp3) is 0.143. The highest BCUT2D eigenvalue weighted by Gasteiger charge is 2.07. The van der Waals surface area contributed by atoms with E-state index in [0.29, 0.717) is 6.54 Å². The Morgan fingerprint density at radius 2 is 1.78 bits per heavy atom. The standard InChI is InChI=1S/C14H14BrNOS/c15-12-5-6-14(11(7-12)9-17)18-13-4-2-1-3-10(13)8-16/h1-7,17H,8-9,16H2. The molecule has 2 nitrogen and oxygen atoms in total. The number of rotatable bonds is 4. The van der Waals surface area contributed by atoms with Gasteiger partial charge in [-0.3, -0.25) is 0 Å². The molecule has 0 amide bonds. The molecule has 0 aliphatic heterocycles. The fourth-order valence-corrected chi connectivity index (χ4v) is 3.13. The van der Waals surface area contributed by atoms with Gasteiger partial charge in [-0.25, -0.2) is 0 Å². The predicted octanol–water partition coefficient (Wildman–Crippen LogP) is 3.55. The number of aliphatic hydroxyl groups excluding tert-OH is 1. The van der Waals surface area contributed by atoms with Crippen LogP contribution in [0.5, 0.6) is 0 Å². The second kappa shape index (κ2) is 6.38. The average Bonchev–Trinajstić information content (AvgIpc) is 2.41. The van der Waals surface area contributed by atoms with Gasteiger partial charge < -0.3 is 10.8 Å². The van der Waals surface area contributed by atoms with Gasteiger partial charge in [-0.1, -0.05) is 45.9 Å². The third-order valence-electron chi connectivity index (χ3n) is 2.61. The van der Waals surface area contributed by atoms with Gasteiger partial charge >= 0.3 is 0 Å². The number of hydrogen-bond donors (Lipinski definition) is 2. The van der Waals surface area contributed by atoms with Crippen LogP contribution in [0, 0.1) is 0 Å². The molecule has 0 aliphatic rings. The van der Waals surface area contributed by atoms with Gasteiger partial charge in [0.15, 0.2) is 0 Å². The minimum atomic E-state index is 0.0343. The molecule has 2 aromatic carbocycles. The Hall–Kier alpha value is -0.810. The van der Waals surface area contributed by atoms with Crippen LogP contribution in [0.1, 0.15) is 11.1 Å². The summed E-state index contributed by atoms with van der Waals surface area (Å²) in [6, 6.07) is 14.0. The summed E-state index contributed by atoms with van der Waals surface area (Å²) < 4.78 is 0.975. The molecule has 4 heteroatoms. The van der Waals surface area contributed by atoms with E-state index in [1.807, 2.05) is 36.4 Å². The molecular formula is C14H14BrNOS. The highest BCUT2D eigenvalue weighted by Crippen LogP contribution is 2.34. The summed E-state index contributed by atoms with van der Waals surface area (Å²) in [5, 5.41) is 9.39.